The van der Waals surface area contributed by atoms with Crippen LogP contribution < -0.4 is 0 Å². The van der Waals surface area contributed by atoms with Gasteiger partial charge in [-0.2, -0.15) is 8.78 Å². The summed E-state index contributed by atoms with van der Waals surface area (Å²) in [6.07, 6.45) is 1.56. The standard InChI is InChI=1S/C13H15F2NO2S/c14-13(15)19-10-5-3-9(4-6-10)8-16-7-1-2-11(16)12(17)18/h3-6,11,13H,1-2,7-8H2,(H,17,18)/t11-/m0/s1. The third kappa shape index (κ3) is 3.91. The summed E-state index contributed by atoms with van der Waals surface area (Å²) in [4.78, 5) is 13.5. The molecule has 0 aliphatic carbocycles. The maximum absolute atomic E-state index is 12.2. The third-order valence-corrected chi connectivity index (χ3v) is 3.91. The first-order chi connectivity index (χ1) is 9.06. The zero-order valence-corrected chi connectivity index (χ0v) is 11.1. The summed E-state index contributed by atoms with van der Waals surface area (Å²) in [5.74, 6) is -3.21. The molecule has 1 atom stereocenters. The Morgan fingerprint density at radius 3 is 2.68 bits per heavy atom. The van der Waals surface area contributed by atoms with Crippen molar-refractivity contribution in [3.63, 3.8) is 0 Å². The molecule has 3 nitrogen and oxygen atoms in total. The summed E-state index contributed by atoms with van der Waals surface area (Å²) in [5.41, 5.74) is 0.951. The van der Waals surface area contributed by atoms with Crippen LogP contribution in [0.25, 0.3) is 0 Å². The zero-order chi connectivity index (χ0) is 13.8. The predicted octanol–water partition coefficient (Wildman–Crippen LogP) is 3.05. The summed E-state index contributed by atoms with van der Waals surface area (Å²) in [6, 6.07) is 6.44. The lowest BCUT2D eigenvalue weighted by molar-refractivity contribution is -0.142. The molecule has 6 heteroatoms. The van der Waals surface area contributed by atoms with Gasteiger partial charge in [0.1, 0.15) is 6.04 Å². The molecule has 1 aromatic rings. The Balaban J connectivity index is 1.97. The van der Waals surface area contributed by atoms with E-state index in [-0.39, 0.29) is 0 Å². The summed E-state index contributed by atoms with van der Waals surface area (Å²) < 4.78 is 24.4. The maximum Gasteiger partial charge on any atom is 0.320 e. The van der Waals surface area contributed by atoms with E-state index in [1.807, 2.05) is 4.90 Å². The van der Waals surface area contributed by atoms with Gasteiger partial charge in [-0.3, -0.25) is 9.69 Å². The minimum atomic E-state index is -2.42. The minimum Gasteiger partial charge on any atom is -0.480 e. The van der Waals surface area contributed by atoms with Crippen LogP contribution in [0.5, 0.6) is 0 Å². The summed E-state index contributed by atoms with van der Waals surface area (Å²) in [5, 5.41) is 9.08. The number of halogens is 2. The fraction of sp³-hybridized carbons (Fsp3) is 0.462. The smallest absolute Gasteiger partial charge is 0.320 e. The molecule has 1 aliphatic heterocycles. The molecule has 0 radical (unpaired) electrons. The Morgan fingerprint density at radius 1 is 1.42 bits per heavy atom. The molecule has 1 fully saturated rings. The first-order valence-corrected chi connectivity index (χ1v) is 6.95. The van der Waals surface area contributed by atoms with Crippen LogP contribution in [0.3, 0.4) is 0 Å². The highest BCUT2D eigenvalue weighted by molar-refractivity contribution is 7.99. The van der Waals surface area contributed by atoms with Crippen LogP contribution in [0.2, 0.25) is 0 Å². The van der Waals surface area contributed by atoms with Crippen LogP contribution in [-0.4, -0.2) is 34.3 Å². The molecular formula is C13H15F2NO2S. The Kier molecular flexibility index (Phi) is 4.76. The summed E-state index contributed by atoms with van der Waals surface area (Å²) >= 11 is 0.514. The number of carboxylic acids is 1. The van der Waals surface area contributed by atoms with Crippen LogP contribution in [0.15, 0.2) is 29.2 Å². The summed E-state index contributed by atoms with van der Waals surface area (Å²) in [6.45, 7) is 1.32. The average molecular weight is 287 g/mol. The van der Waals surface area contributed by atoms with Gasteiger partial charge in [-0.25, -0.2) is 0 Å². The highest BCUT2D eigenvalue weighted by atomic mass is 32.2. The number of aliphatic carboxylic acids is 1. The number of alkyl halides is 2. The van der Waals surface area contributed by atoms with Crippen molar-refractivity contribution in [3.05, 3.63) is 29.8 Å². The normalized spacial score (nSPS) is 20.1. The number of likely N-dealkylation sites (tertiary alicyclic amines) is 1. The average Bonchev–Trinajstić information content (AvgIpc) is 2.79. The number of carboxylic acid groups (broad SMARTS) is 1. The molecule has 0 unspecified atom stereocenters. The number of benzene rings is 1. The highest BCUT2D eigenvalue weighted by Crippen LogP contribution is 2.26. The van der Waals surface area contributed by atoms with E-state index >= 15 is 0 Å². The fourth-order valence-electron chi connectivity index (χ4n) is 2.31. The lowest BCUT2D eigenvalue weighted by Crippen LogP contribution is -2.35. The van der Waals surface area contributed by atoms with Gasteiger partial charge in [0, 0.05) is 11.4 Å². The van der Waals surface area contributed by atoms with E-state index in [0.29, 0.717) is 29.6 Å². The number of nitrogens with zero attached hydrogens (tertiary/aromatic N) is 1. The Labute approximate surface area is 114 Å². The van der Waals surface area contributed by atoms with Crippen molar-refractivity contribution < 1.29 is 18.7 Å². The van der Waals surface area contributed by atoms with E-state index in [1.165, 1.54) is 0 Å². The molecular weight excluding hydrogens is 272 g/mol. The van der Waals surface area contributed by atoms with Gasteiger partial charge in [-0.15, -0.1) is 0 Å². The fourth-order valence-corrected chi connectivity index (χ4v) is 2.80. The SMILES string of the molecule is O=C(O)[C@@H]1CCCN1Cc1ccc(SC(F)F)cc1. The van der Waals surface area contributed by atoms with Crippen LogP contribution in [0.1, 0.15) is 18.4 Å². The molecule has 0 spiro atoms. The Morgan fingerprint density at radius 2 is 2.11 bits per heavy atom. The number of hydrogen-bond donors (Lipinski definition) is 1. The van der Waals surface area contributed by atoms with Crippen molar-refractivity contribution in [2.45, 2.75) is 36.1 Å². The van der Waals surface area contributed by atoms with Gasteiger partial charge >= 0.3 is 5.97 Å². The molecule has 104 valence electrons. The second-order valence-electron chi connectivity index (χ2n) is 4.49. The third-order valence-electron chi connectivity index (χ3n) is 3.18. The number of rotatable bonds is 5. The van der Waals surface area contributed by atoms with Crippen molar-refractivity contribution in [2.75, 3.05) is 6.54 Å². The molecule has 2 rings (SSSR count). The van der Waals surface area contributed by atoms with Crippen LogP contribution in [0, 0.1) is 0 Å². The molecule has 0 saturated carbocycles. The van der Waals surface area contributed by atoms with Gasteiger partial charge in [-0.1, -0.05) is 23.9 Å². The van der Waals surface area contributed by atoms with Crippen LogP contribution in [-0.2, 0) is 11.3 Å². The molecule has 1 aliphatic rings. The molecule has 0 aromatic heterocycles. The molecule has 1 saturated heterocycles. The predicted molar refractivity (Wildman–Crippen MR) is 69.4 cm³/mol. The zero-order valence-electron chi connectivity index (χ0n) is 10.3. The molecule has 1 heterocycles. The lowest BCUT2D eigenvalue weighted by Gasteiger charge is -2.21. The van der Waals surface area contributed by atoms with Crippen molar-refractivity contribution in [2.24, 2.45) is 0 Å². The van der Waals surface area contributed by atoms with Gasteiger partial charge in [-0.05, 0) is 37.1 Å². The van der Waals surface area contributed by atoms with E-state index in [0.717, 1.165) is 18.5 Å². The van der Waals surface area contributed by atoms with Gasteiger partial charge in [0.2, 0.25) is 0 Å². The molecule has 0 amide bonds. The minimum absolute atomic E-state index is 0.421. The summed E-state index contributed by atoms with van der Waals surface area (Å²) in [7, 11) is 0. The van der Waals surface area contributed by atoms with E-state index in [1.54, 1.807) is 24.3 Å². The van der Waals surface area contributed by atoms with Crippen molar-refractivity contribution in [1.82, 2.24) is 4.90 Å². The number of thioether (sulfide) groups is 1. The van der Waals surface area contributed by atoms with E-state index < -0.39 is 17.8 Å². The highest BCUT2D eigenvalue weighted by Gasteiger charge is 2.30. The second kappa shape index (κ2) is 6.34. The van der Waals surface area contributed by atoms with Gasteiger partial charge in [0.05, 0.1) is 0 Å². The van der Waals surface area contributed by atoms with Gasteiger partial charge in [0.15, 0.2) is 0 Å². The van der Waals surface area contributed by atoms with Gasteiger partial charge < -0.3 is 5.11 Å². The molecule has 0 bridgehead atoms. The monoisotopic (exact) mass is 287 g/mol. The number of carbonyl (C=O) groups is 1. The van der Waals surface area contributed by atoms with E-state index in [9.17, 15) is 13.6 Å². The van der Waals surface area contributed by atoms with Crippen molar-refractivity contribution >= 4 is 17.7 Å². The quantitative estimate of drug-likeness (QED) is 0.845. The van der Waals surface area contributed by atoms with Gasteiger partial charge in [0.25, 0.3) is 5.76 Å². The Bertz CT molecular complexity index is 439. The second-order valence-corrected chi connectivity index (χ2v) is 5.55. The van der Waals surface area contributed by atoms with Crippen LogP contribution in [0.4, 0.5) is 8.78 Å². The first-order valence-electron chi connectivity index (χ1n) is 6.07. The Hall–Kier alpha value is -1.14. The van der Waals surface area contributed by atoms with E-state index in [2.05, 4.69) is 0 Å². The first kappa shape index (κ1) is 14.3. The van der Waals surface area contributed by atoms with Crippen molar-refractivity contribution in [1.29, 1.82) is 0 Å². The van der Waals surface area contributed by atoms with Crippen molar-refractivity contribution in [3.8, 4) is 0 Å². The van der Waals surface area contributed by atoms with E-state index in [4.69, 9.17) is 5.11 Å². The lowest BCUT2D eigenvalue weighted by atomic mass is 10.2. The molecule has 1 aromatic carbocycles. The molecule has 19 heavy (non-hydrogen) atoms. The van der Waals surface area contributed by atoms with Crippen LogP contribution >= 0.6 is 11.8 Å². The largest absolute Gasteiger partial charge is 0.480 e. The topological polar surface area (TPSA) is 40.5 Å². The number of hydrogen-bond acceptors (Lipinski definition) is 3. The maximum atomic E-state index is 12.2. The molecule has 1 N–H and O–H groups in total.